The first-order valence-corrected chi connectivity index (χ1v) is 25.4. The van der Waals surface area contributed by atoms with E-state index in [0.717, 1.165) is 44.9 Å². The topological polar surface area (TPSA) is 108 Å². The fraction of sp³-hybridized carbons (Fsp3) is 0.556. The molecule has 0 aliphatic heterocycles. The molecule has 0 heterocycles. The van der Waals surface area contributed by atoms with Gasteiger partial charge in [0.25, 0.3) is 0 Å². The Morgan fingerprint density at radius 2 is 0.859 bits per heavy atom. The second-order valence-electron chi connectivity index (χ2n) is 16.5. The predicted octanol–water partition coefficient (Wildman–Crippen LogP) is 14.2. The molecule has 0 aliphatic rings. The number of phosphoric acid groups is 1. The summed E-state index contributed by atoms with van der Waals surface area (Å²) in [4.78, 5) is 35.3. The van der Waals surface area contributed by atoms with Crippen LogP contribution in [0.2, 0.25) is 0 Å². The van der Waals surface area contributed by atoms with E-state index in [4.69, 9.17) is 18.5 Å². The molecule has 1 N–H and O–H groups in total. The van der Waals surface area contributed by atoms with Crippen molar-refractivity contribution in [1.29, 1.82) is 0 Å². The number of allylic oxidation sites excluding steroid dienone is 20. The third-order valence-corrected chi connectivity index (χ3v) is 10.2. The molecule has 0 bridgehead atoms. The van der Waals surface area contributed by atoms with E-state index in [9.17, 15) is 19.0 Å². The fourth-order valence-corrected chi connectivity index (χ4v) is 6.20. The van der Waals surface area contributed by atoms with Gasteiger partial charge in [-0.05, 0) is 77.0 Å². The number of rotatable bonds is 41. The average molecular weight is 909 g/mol. The minimum Gasteiger partial charge on any atom is -0.461 e. The summed E-state index contributed by atoms with van der Waals surface area (Å²) in [5.74, 6) is -1.11. The van der Waals surface area contributed by atoms with Crippen molar-refractivity contribution in [3.63, 3.8) is 0 Å². The van der Waals surface area contributed by atoms with Crippen LogP contribution in [0.3, 0.4) is 0 Å². The number of phosphoric ester groups is 1. The summed E-state index contributed by atoms with van der Waals surface area (Å²) >= 11 is 0. The normalized spacial score (nSPS) is 14.7. The Bertz CT molecular complexity index is 1540. The molecule has 360 valence electrons. The summed E-state index contributed by atoms with van der Waals surface area (Å²) in [5.41, 5.74) is 0. The van der Waals surface area contributed by atoms with Gasteiger partial charge < -0.3 is 18.9 Å². The Morgan fingerprint density at radius 1 is 0.484 bits per heavy atom. The van der Waals surface area contributed by atoms with Crippen LogP contribution in [0.15, 0.2) is 134 Å². The SMILES string of the molecule is CCCCC=CCC=CCC=CCC=CCC=CCC=CCC(=O)OC[C@H](COP(=O)(O)OCC[N+](C)(C)C)OC(=O)CC=CCC=CCC=CCC=CCC=CCCCCCCC. The van der Waals surface area contributed by atoms with Crippen LogP contribution in [0.1, 0.15) is 142 Å². The van der Waals surface area contributed by atoms with Crippen LogP contribution in [0.25, 0.3) is 0 Å². The van der Waals surface area contributed by atoms with E-state index in [1.54, 1.807) is 12.2 Å². The zero-order chi connectivity index (χ0) is 47.1. The van der Waals surface area contributed by atoms with Gasteiger partial charge in [0.15, 0.2) is 6.10 Å². The predicted molar refractivity (Wildman–Crippen MR) is 270 cm³/mol. The van der Waals surface area contributed by atoms with Gasteiger partial charge in [-0.25, -0.2) is 4.57 Å². The van der Waals surface area contributed by atoms with Crippen LogP contribution in [0.5, 0.6) is 0 Å². The van der Waals surface area contributed by atoms with Gasteiger partial charge in [-0.2, -0.15) is 0 Å². The Hall–Kier alpha value is -3.85. The summed E-state index contributed by atoms with van der Waals surface area (Å²) in [7, 11) is 1.35. The smallest absolute Gasteiger partial charge is 0.461 e. The van der Waals surface area contributed by atoms with Crippen molar-refractivity contribution in [2.75, 3.05) is 47.5 Å². The van der Waals surface area contributed by atoms with Gasteiger partial charge in [0.05, 0.1) is 40.6 Å². The van der Waals surface area contributed by atoms with Crippen LogP contribution in [-0.2, 0) is 32.7 Å². The van der Waals surface area contributed by atoms with Crippen molar-refractivity contribution < 1.29 is 42.1 Å². The molecule has 0 amide bonds. The summed E-state index contributed by atoms with van der Waals surface area (Å²) in [6, 6.07) is 0. The van der Waals surface area contributed by atoms with Crippen LogP contribution < -0.4 is 0 Å². The van der Waals surface area contributed by atoms with Gasteiger partial charge in [-0.1, -0.05) is 186 Å². The third-order valence-electron chi connectivity index (χ3n) is 9.22. The van der Waals surface area contributed by atoms with Crippen molar-refractivity contribution in [1.82, 2.24) is 0 Å². The molecule has 0 spiro atoms. The first-order valence-electron chi connectivity index (χ1n) is 23.9. The quantitative estimate of drug-likeness (QED) is 0.0212. The number of hydrogen-bond acceptors (Lipinski definition) is 7. The van der Waals surface area contributed by atoms with Gasteiger partial charge in [0, 0.05) is 0 Å². The van der Waals surface area contributed by atoms with Gasteiger partial charge in [0.1, 0.15) is 19.8 Å². The Labute approximate surface area is 390 Å². The lowest BCUT2D eigenvalue weighted by atomic mass is 10.1. The highest BCUT2D eigenvalue weighted by molar-refractivity contribution is 7.47. The van der Waals surface area contributed by atoms with E-state index >= 15 is 0 Å². The average Bonchev–Trinajstić information content (AvgIpc) is 3.25. The molecular weight excluding hydrogens is 822 g/mol. The monoisotopic (exact) mass is 909 g/mol. The molecule has 0 aliphatic carbocycles. The molecule has 0 radical (unpaired) electrons. The number of carbonyl (C=O) groups excluding carboxylic acids is 2. The van der Waals surface area contributed by atoms with Crippen LogP contribution >= 0.6 is 7.82 Å². The maximum Gasteiger partial charge on any atom is 0.472 e. The number of ether oxygens (including phenoxy) is 2. The van der Waals surface area contributed by atoms with E-state index in [-0.39, 0.29) is 26.1 Å². The molecule has 10 heteroatoms. The number of carbonyl (C=O) groups is 2. The van der Waals surface area contributed by atoms with E-state index < -0.39 is 32.5 Å². The number of unbranched alkanes of at least 4 members (excludes halogenated alkanes) is 7. The van der Waals surface area contributed by atoms with Crippen molar-refractivity contribution in [3.8, 4) is 0 Å². The molecule has 0 saturated carbocycles. The van der Waals surface area contributed by atoms with Crippen LogP contribution in [0, 0.1) is 0 Å². The molecule has 0 aromatic heterocycles. The molecule has 9 nitrogen and oxygen atoms in total. The van der Waals surface area contributed by atoms with Crippen molar-refractivity contribution in [2.45, 2.75) is 148 Å². The highest BCUT2D eigenvalue weighted by Crippen LogP contribution is 2.43. The molecule has 0 fully saturated rings. The molecule has 0 saturated heterocycles. The summed E-state index contributed by atoms with van der Waals surface area (Å²) in [6.07, 6.45) is 64.2. The summed E-state index contributed by atoms with van der Waals surface area (Å²) < 4.78 is 34.1. The number of esters is 2. The minimum absolute atomic E-state index is 0.00688. The molecule has 2 atom stereocenters. The largest absolute Gasteiger partial charge is 0.472 e. The third kappa shape index (κ3) is 47.6. The van der Waals surface area contributed by atoms with Crippen molar-refractivity contribution >= 4 is 19.8 Å². The molecule has 0 aromatic carbocycles. The van der Waals surface area contributed by atoms with E-state index in [1.165, 1.54) is 57.8 Å². The first-order chi connectivity index (χ1) is 31.0. The first kappa shape index (κ1) is 60.2. The zero-order valence-electron chi connectivity index (χ0n) is 40.4. The van der Waals surface area contributed by atoms with E-state index in [1.807, 2.05) is 45.4 Å². The van der Waals surface area contributed by atoms with Crippen LogP contribution in [0.4, 0.5) is 0 Å². The van der Waals surface area contributed by atoms with E-state index in [0.29, 0.717) is 23.9 Å². The maximum atomic E-state index is 12.7. The lowest BCUT2D eigenvalue weighted by molar-refractivity contribution is -0.870. The fourth-order valence-electron chi connectivity index (χ4n) is 5.46. The van der Waals surface area contributed by atoms with Crippen molar-refractivity contribution in [3.05, 3.63) is 134 Å². The molecular formula is C54H87NO8P+. The molecule has 0 aromatic rings. The second-order valence-corrected chi connectivity index (χ2v) is 17.9. The maximum absolute atomic E-state index is 12.7. The van der Waals surface area contributed by atoms with Gasteiger partial charge in [-0.3, -0.25) is 18.6 Å². The highest BCUT2D eigenvalue weighted by Gasteiger charge is 2.26. The number of nitrogens with zero attached hydrogens (tertiary/aromatic N) is 1. The summed E-state index contributed by atoms with van der Waals surface area (Å²) in [6.45, 7) is 4.11. The van der Waals surface area contributed by atoms with Gasteiger partial charge in [0.2, 0.25) is 0 Å². The Morgan fingerprint density at radius 3 is 1.28 bits per heavy atom. The zero-order valence-corrected chi connectivity index (χ0v) is 41.3. The Balaban J connectivity index is 4.63. The number of quaternary nitrogens is 1. The minimum atomic E-state index is -4.43. The standard InChI is InChI=1S/C54H86NO8P/c1-6-8-10-12-14-16-18-20-22-24-26-28-30-32-34-36-38-40-42-44-46-53(56)60-50-52(51-62-64(58,59)61-49-48-55(3,4)5)63-54(57)47-45-43-41-39-37-35-33-31-29-27-25-23-21-19-17-15-13-11-9-7-2/h12,14,18-21,24-27,30-33,36-39,42-45,52H,6-11,13,15-17,22-23,28-29,34-35,40-41,46-51H2,1-5H3/p+1/t52-/m1/s1. The van der Waals surface area contributed by atoms with Gasteiger partial charge in [-0.15, -0.1) is 0 Å². The summed E-state index contributed by atoms with van der Waals surface area (Å²) in [5, 5.41) is 0. The van der Waals surface area contributed by atoms with E-state index in [2.05, 4.69) is 111 Å². The second kappa shape index (κ2) is 44.4. The number of likely N-dealkylation sites (N-methyl/N-ethyl adjacent to an activating group) is 1. The van der Waals surface area contributed by atoms with Crippen molar-refractivity contribution in [2.24, 2.45) is 0 Å². The van der Waals surface area contributed by atoms with Crippen LogP contribution in [-0.4, -0.2) is 74.9 Å². The Kier molecular flexibility index (Phi) is 41.7. The molecule has 64 heavy (non-hydrogen) atoms. The lowest BCUT2D eigenvalue weighted by Crippen LogP contribution is -2.37. The number of hydrogen-bond donors (Lipinski definition) is 1. The highest BCUT2D eigenvalue weighted by atomic mass is 31.2. The molecule has 0 rings (SSSR count). The van der Waals surface area contributed by atoms with Gasteiger partial charge >= 0.3 is 19.8 Å². The molecule has 1 unspecified atom stereocenters. The lowest BCUT2D eigenvalue weighted by Gasteiger charge is -2.24.